The largest absolute Gasteiger partial charge is 0.335 e. The highest BCUT2D eigenvalue weighted by molar-refractivity contribution is 5.83. The molecular weight excluding hydrogens is 325 g/mol. The van der Waals surface area contributed by atoms with E-state index in [4.69, 9.17) is 0 Å². The van der Waals surface area contributed by atoms with Gasteiger partial charge in [-0.05, 0) is 59.9 Å². The molecule has 2 atom stereocenters. The zero-order valence-electron chi connectivity index (χ0n) is 15.5. The molecule has 0 radical (unpaired) electrons. The molecule has 0 aliphatic heterocycles. The summed E-state index contributed by atoms with van der Waals surface area (Å²) in [4.78, 5) is 15.2. The summed E-state index contributed by atoms with van der Waals surface area (Å²) in [6, 6.07) is 15.7. The van der Waals surface area contributed by atoms with Crippen molar-refractivity contribution in [2.24, 2.45) is 5.92 Å². The molecule has 0 bridgehead atoms. The molecule has 0 N–H and O–H groups in total. The zero-order chi connectivity index (χ0) is 18.3. The number of carbonyl (C=O) groups excluding carboxylic acids is 1. The van der Waals surface area contributed by atoms with Crippen molar-refractivity contribution in [3.05, 3.63) is 71.0 Å². The Labute approximate surface area is 155 Å². The van der Waals surface area contributed by atoms with Crippen molar-refractivity contribution in [1.82, 2.24) is 4.90 Å². The van der Waals surface area contributed by atoms with Gasteiger partial charge in [-0.1, -0.05) is 50.2 Å². The summed E-state index contributed by atoms with van der Waals surface area (Å²) in [6.07, 6.45) is 3.12. The van der Waals surface area contributed by atoms with Crippen LogP contribution in [0.15, 0.2) is 48.5 Å². The van der Waals surface area contributed by atoms with Crippen molar-refractivity contribution in [2.45, 2.75) is 57.5 Å². The smallest absolute Gasteiger partial charge is 0.226 e. The molecule has 2 aliphatic rings. The number of amides is 1. The van der Waals surface area contributed by atoms with Gasteiger partial charge in [0.1, 0.15) is 5.82 Å². The van der Waals surface area contributed by atoms with Crippen LogP contribution in [0.3, 0.4) is 0 Å². The van der Waals surface area contributed by atoms with Gasteiger partial charge in [0.05, 0.1) is 0 Å². The minimum absolute atomic E-state index is 0.0657. The van der Waals surface area contributed by atoms with Crippen molar-refractivity contribution in [3.63, 3.8) is 0 Å². The SMILES string of the molecule is CC(C)c1ccc(CN(C(=O)C2CC2c2ccc(F)cc2)C2CC2)cc1. The fourth-order valence-electron chi connectivity index (χ4n) is 3.74. The van der Waals surface area contributed by atoms with Crippen molar-refractivity contribution in [2.75, 3.05) is 0 Å². The summed E-state index contributed by atoms with van der Waals surface area (Å²) in [5.74, 6) is 0.897. The van der Waals surface area contributed by atoms with Gasteiger partial charge in [-0.25, -0.2) is 4.39 Å². The van der Waals surface area contributed by atoms with Crippen LogP contribution in [0.25, 0.3) is 0 Å². The lowest BCUT2D eigenvalue weighted by Gasteiger charge is -2.23. The van der Waals surface area contributed by atoms with E-state index in [9.17, 15) is 9.18 Å². The number of carbonyl (C=O) groups is 1. The Kier molecular flexibility index (Phi) is 4.56. The van der Waals surface area contributed by atoms with E-state index in [0.717, 1.165) is 24.8 Å². The van der Waals surface area contributed by atoms with E-state index in [2.05, 4.69) is 43.0 Å². The Morgan fingerprint density at radius 1 is 1.08 bits per heavy atom. The molecule has 0 saturated heterocycles. The fourth-order valence-corrected chi connectivity index (χ4v) is 3.74. The predicted molar refractivity (Wildman–Crippen MR) is 101 cm³/mol. The first-order valence-corrected chi connectivity index (χ1v) is 9.67. The van der Waals surface area contributed by atoms with Gasteiger partial charge in [-0.2, -0.15) is 0 Å². The minimum Gasteiger partial charge on any atom is -0.335 e. The maximum Gasteiger partial charge on any atom is 0.226 e. The van der Waals surface area contributed by atoms with E-state index in [1.807, 2.05) is 12.1 Å². The highest BCUT2D eigenvalue weighted by Gasteiger charge is 2.48. The third kappa shape index (κ3) is 3.67. The molecular formula is C23H26FNO. The van der Waals surface area contributed by atoms with E-state index >= 15 is 0 Å². The van der Waals surface area contributed by atoms with E-state index < -0.39 is 0 Å². The molecule has 2 unspecified atom stereocenters. The monoisotopic (exact) mass is 351 g/mol. The Morgan fingerprint density at radius 2 is 1.73 bits per heavy atom. The van der Waals surface area contributed by atoms with E-state index in [1.54, 1.807) is 0 Å². The van der Waals surface area contributed by atoms with Gasteiger partial charge in [-0.15, -0.1) is 0 Å². The summed E-state index contributed by atoms with van der Waals surface area (Å²) in [5.41, 5.74) is 3.62. The standard InChI is InChI=1S/C23H26FNO/c1-15(2)17-5-3-16(4-6-17)14-25(20-11-12-20)23(26)22-13-21(22)18-7-9-19(24)10-8-18/h3-10,15,20-22H,11-14H2,1-2H3. The number of rotatable bonds is 6. The fraction of sp³-hybridized carbons (Fsp3) is 0.435. The predicted octanol–water partition coefficient (Wildman–Crippen LogP) is 5.24. The highest BCUT2D eigenvalue weighted by atomic mass is 19.1. The van der Waals surface area contributed by atoms with Crippen LogP contribution in [-0.4, -0.2) is 16.8 Å². The topological polar surface area (TPSA) is 20.3 Å². The van der Waals surface area contributed by atoms with Crippen molar-refractivity contribution in [1.29, 1.82) is 0 Å². The lowest BCUT2D eigenvalue weighted by molar-refractivity contribution is -0.133. The minimum atomic E-state index is -0.221. The molecule has 1 amide bonds. The van der Waals surface area contributed by atoms with Crippen molar-refractivity contribution in [3.8, 4) is 0 Å². The Morgan fingerprint density at radius 3 is 2.31 bits per heavy atom. The van der Waals surface area contributed by atoms with Crippen LogP contribution in [0, 0.1) is 11.7 Å². The second kappa shape index (κ2) is 6.86. The lowest BCUT2D eigenvalue weighted by atomic mass is 10.0. The Bertz CT molecular complexity index is 777. The summed E-state index contributed by atoms with van der Waals surface area (Å²) in [6.45, 7) is 5.09. The second-order valence-corrected chi connectivity index (χ2v) is 8.09. The summed E-state index contributed by atoms with van der Waals surface area (Å²) in [5, 5.41) is 0. The zero-order valence-corrected chi connectivity index (χ0v) is 15.5. The Balaban J connectivity index is 1.44. The first kappa shape index (κ1) is 17.3. The van der Waals surface area contributed by atoms with Crippen LogP contribution in [0.1, 0.15) is 61.6 Å². The summed E-state index contributed by atoms with van der Waals surface area (Å²) in [7, 11) is 0. The molecule has 2 aromatic carbocycles. The van der Waals surface area contributed by atoms with Crippen molar-refractivity contribution < 1.29 is 9.18 Å². The van der Waals surface area contributed by atoms with E-state index in [-0.39, 0.29) is 23.6 Å². The molecule has 2 fully saturated rings. The van der Waals surface area contributed by atoms with E-state index in [0.29, 0.717) is 18.5 Å². The van der Waals surface area contributed by atoms with Gasteiger partial charge in [0.2, 0.25) is 5.91 Å². The third-order valence-corrected chi connectivity index (χ3v) is 5.68. The summed E-state index contributed by atoms with van der Waals surface area (Å²) >= 11 is 0. The first-order chi connectivity index (χ1) is 12.5. The van der Waals surface area contributed by atoms with Gasteiger partial charge < -0.3 is 4.90 Å². The molecule has 0 aromatic heterocycles. The van der Waals surface area contributed by atoms with Crippen LogP contribution in [0.2, 0.25) is 0 Å². The number of nitrogens with zero attached hydrogens (tertiary/aromatic N) is 1. The number of hydrogen-bond acceptors (Lipinski definition) is 1. The Hall–Kier alpha value is -2.16. The second-order valence-electron chi connectivity index (χ2n) is 8.09. The van der Waals surface area contributed by atoms with Gasteiger partial charge >= 0.3 is 0 Å². The maximum absolute atomic E-state index is 13.1. The molecule has 2 saturated carbocycles. The van der Waals surface area contributed by atoms with Gasteiger partial charge in [0, 0.05) is 18.5 Å². The van der Waals surface area contributed by atoms with Crippen molar-refractivity contribution >= 4 is 5.91 Å². The van der Waals surface area contributed by atoms with Crippen LogP contribution in [0.4, 0.5) is 4.39 Å². The van der Waals surface area contributed by atoms with Crippen LogP contribution in [0.5, 0.6) is 0 Å². The average Bonchev–Trinajstić information content (AvgIpc) is 3.54. The number of halogens is 1. The first-order valence-electron chi connectivity index (χ1n) is 9.67. The molecule has 136 valence electrons. The molecule has 4 rings (SSSR count). The molecule has 2 aliphatic carbocycles. The van der Waals surface area contributed by atoms with Crippen LogP contribution in [-0.2, 0) is 11.3 Å². The molecule has 2 nitrogen and oxygen atoms in total. The molecule has 0 heterocycles. The van der Waals surface area contributed by atoms with Gasteiger partial charge in [-0.3, -0.25) is 4.79 Å². The number of hydrogen-bond donors (Lipinski definition) is 0. The average molecular weight is 351 g/mol. The molecule has 0 spiro atoms. The van der Waals surface area contributed by atoms with Gasteiger partial charge in [0.25, 0.3) is 0 Å². The van der Waals surface area contributed by atoms with Gasteiger partial charge in [0.15, 0.2) is 0 Å². The third-order valence-electron chi connectivity index (χ3n) is 5.68. The normalized spacial score (nSPS) is 21.7. The highest BCUT2D eigenvalue weighted by Crippen LogP contribution is 2.49. The maximum atomic E-state index is 13.1. The van der Waals surface area contributed by atoms with Crippen LogP contribution >= 0.6 is 0 Å². The van der Waals surface area contributed by atoms with Crippen LogP contribution < -0.4 is 0 Å². The number of benzene rings is 2. The lowest BCUT2D eigenvalue weighted by Crippen LogP contribution is -2.34. The molecule has 26 heavy (non-hydrogen) atoms. The quantitative estimate of drug-likeness (QED) is 0.696. The summed E-state index contributed by atoms with van der Waals surface area (Å²) < 4.78 is 13.1. The molecule has 2 aromatic rings. The molecule has 3 heteroatoms. The van der Waals surface area contributed by atoms with E-state index in [1.165, 1.54) is 23.3 Å².